The van der Waals surface area contributed by atoms with Crippen molar-refractivity contribution in [1.82, 2.24) is 10.2 Å². The van der Waals surface area contributed by atoms with Crippen molar-refractivity contribution in [1.29, 1.82) is 0 Å². The first-order chi connectivity index (χ1) is 9.31. The van der Waals surface area contributed by atoms with Crippen molar-refractivity contribution in [2.45, 2.75) is 25.8 Å². The third-order valence-corrected chi connectivity index (χ3v) is 3.62. The molecule has 1 aromatic rings. The fraction of sp³-hybridized carbons (Fsp3) is 0.529. The molecular formula is C17H24N2. The lowest BCUT2D eigenvalue weighted by Gasteiger charge is -2.19. The van der Waals surface area contributed by atoms with Crippen LogP contribution < -0.4 is 5.32 Å². The maximum absolute atomic E-state index is 5.46. The molecule has 1 aromatic carbocycles. The third kappa shape index (κ3) is 5.06. The molecule has 0 amide bonds. The quantitative estimate of drug-likeness (QED) is 0.718. The molecule has 1 fully saturated rings. The molecule has 2 nitrogen and oxygen atoms in total. The zero-order valence-corrected chi connectivity index (χ0v) is 11.9. The van der Waals surface area contributed by atoms with E-state index in [-0.39, 0.29) is 0 Å². The van der Waals surface area contributed by atoms with E-state index in [0.29, 0.717) is 0 Å². The Hall–Kier alpha value is -1.30. The fourth-order valence-corrected chi connectivity index (χ4v) is 2.32. The Kier molecular flexibility index (Phi) is 5.44. The van der Waals surface area contributed by atoms with Gasteiger partial charge in [-0.15, -0.1) is 6.42 Å². The summed E-state index contributed by atoms with van der Waals surface area (Å²) in [5, 5.41) is 3.18. The second-order valence-corrected chi connectivity index (χ2v) is 5.49. The van der Waals surface area contributed by atoms with Crippen LogP contribution in [0.5, 0.6) is 0 Å². The summed E-state index contributed by atoms with van der Waals surface area (Å²) in [5.41, 5.74) is 2.76. The molecule has 2 rings (SSSR count). The molecule has 0 radical (unpaired) electrons. The first-order valence-corrected chi connectivity index (χ1v) is 7.20. The Balaban J connectivity index is 1.87. The molecule has 0 bridgehead atoms. The highest BCUT2D eigenvalue weighted by Crippen LogP contribution is 2.30. The zero-order valence-electron chi connectivity index (χ0n) is 11.9. The Morgan fingerprint density at radius 3 is 2.53 bits per heavy atom. The van der Waals surface area contributed by atoms with Crippen molar-refractivity contribution in [2.24, 2.45) is 5.92 Å². The van der Waals surface area contributed by atoms with E-state index in [1.165, 1.54) is 24.0 Å². The Bertz CT molecular complexity index is 412. The van der Waals surface area contributed by atoms with E-state index in [1.54, 1.807) is 0 Å². The van der Waals surface area contributed by atoms with Crippen LogP contribution >= 0.6 is 0 Å². The second-order valence-electron chi connectivity index (χ2n) is 5.49. The summed E-state index contributed by atoms with van der Waals surface area (Å²) in [6, 6.07) is 8.94. The summed E-state index contributed by atoms with van der Waals surface area (Å²) >= 11 is 0. The predicted octanol–water partition coefficient (Wildman–Crippen LogP) is 2.29. The van der Waals surface area contributed by atoms with Crippen LogP contribution in [0.3, 0.4) is 0 Å². The molecule has 0 unspecified atom stereocenters. The van der Waals surface area contributed by atoms with E-state index < -0.39 is 0 Å². The highest BCUT2D eigenvalue weighted by atomic mass is 15.1. The van der Waals surface area contributed by atoms with Gasteiger partial charge in [-0.25, -0.2) is 0 Å². The van der Waals surface area contributed by atoms with Gasteiger partial charge in [0.1, 0.15) is 0 Å². The molecule has 0 aromatic heterocycles. The van der Waals surface area contributed by atoms with Crippen LogP contribution in [0, 0.1) is 18.3 Å². The van der Waals surface area contributed by atoms with Crippen LogP contribution in [-0.2, 0) is 13.0 Å². The first kappa shape index (κ1) is 14.1. The minimum atomic E-state index is 0.762. The van der Waals surface area contributed by atoms with Crippen LogP contribution in [0.1, 0.15) is 24.0 Å². The molecule has 1 saturated carbocycles. The molecule has 2 heteroatoms. The SMILES string of the molecule is C#CCN(Cc1ccc(CCNC)cc1)CC1CC1. The lowest BCUT2D eigenvalue weighted by Crippen LogP contribution is -2.25. The topological polar surface area (TPSA) is 15.3 Å². The largest absolute Gasteiger partial charge is 0.319 e. The van der Waals surface area contributed by atoms with Gasteiger partial charge in [-0.3, -0.25) is 4.90 Å². The number of rotatable bonds is 8. The monoisotopic (exact) mass is 256 g/mol. The molecule has 0 heterocycles. The van der Waals surface area contributed by atoms with Crippen LogP contribution in [0.15, 0.2) is 24.3 Å². The average Bonchev–Trinajstić information content (AvgIpc) is 3.22. The molecule has 0 aliphatic heterocycles. The maximum atomic E-state index is 5.46. The average molecular weight is 256 g/mol. The second kappa shape index (κ2) is 7.33. The number of hydrogen-bond acceptors (Lipinski definition) is 2. The van der Waals surface area contributed by atoms with Gasteiger partial charge in [0.05, 0.1) is 6.54 Å². The maximum Gasteiger partial charge on any atom is 0.0601 e. The summed E-state index contributed by atoms with van der Waals surface area (Å²) in [7, 11) is 1.99. The van der Waals surface area contributed by atoms with Gasteiger partial charge in [-0.05, 0) is 49.9 Å². The van der Waals surface area contributed by atoms with Gasteiger partial charge in [0.25, 0.3) is 0 Å². The van der Waals surface area contributed by atoms with E-state index in [2.05, 4.69) is 40.4 Å². The molecule has 0 spiro atoms. The smallest absolute Gasteiger partial charge is 0.0601 e. The van der Waals surface area contributed by atoms with Crippen molar-refractivity contribution in [3.05, 3.63) is 35.4 Å². The Morgan fingerprint density at radius 2 is 1.95 bits per heavy atom. The highest BCUT2D eigenvalue weighted by molar-refractivity contribution is 5.23. The predicted molar refractivity (Wildman–Crippen MR) is 80.9 cm³/mol. The van der Waals surface area contributed by atoms with Gasteiger partial charge in [-0.1, -0.05) is 30.2 Å². The Labute approximate surface area is 117 Å². The van der Waals surface area contributed by atoms with Gasteiger partial charge >= 0.3 is 0 Å². The summed E-state index contributed by atoms with van der Waals surface area (Å²) in [4.78, 5) is 2.39. The number of nitrogens with one attached hydrogen (secondary N) is 1. The lowest BCUT2D eigenvalue weighted by atomic mass is 10.1. The number of likely N-dealkylation sites (N-methyl/N-ethyl adjacent to an activating group) is 1. The minimum Gasteiger partial charge on any atom is -0.319 e. The lowest BCUT2D eigenvalue weighted by molar-refractivity contribution is 0.286. The van der Waals surface area contributed by atoms with E-state index >= 15 is 0 Å². The summed E-state index contributed by atoms with van der Waals surface area (Å²) < 4.78 is 0. The van der Waals surface area contributed by atoms with Crippen molar-refractivity contribution in [3.63, 3.8) is 0 Å². The molecule has 0 saturated heterocycles. The third-order valence-electron chi connectivity index (χ3n) is 3.62. The van der Waals surface area contributed by atoms with E-state index in [4.69, 9.17) is 6.42 Å². The molecule has 19 heavy (non-hydrogen) atoms. The van der Waals surface area contributed by atoms with E-state index in [1.807, 2.05) is 7.05 Å². The molecule has 1 aliphatic carbocycles. The van der Waals surface area contributed by atoms with Crippen LogP contribution in [0.25, 0.3) is 0 Å². The number of hydrogen-bond donors (Lipinski definition) is 1. The van der Waals surface area contributed by atoms with Crippen molar-refractivity contribution in [3.8, 4) is 12.3 Å². The molecule has 102 valence electrons. The number of benzene rings is 1. The summed E-state index contributed by atoms with van der Waals surface area (Å²) in [6.07, 6.45) is 9.31. The van der Waals surface area contributed by atoms with Crippen LogP contribution in [0.4, 0.5) is 0 Å². The van der Waals surface area contributed by atoms with Crippen molar-refractivity contribution < 1.29 is 0 Å². The summed E-state index contributed by atoms with van der Waals surface area (Å²) in [5.74, 6) is 3.67. The minimum absolute atomic E-state index is 0.762. The molecule has 1 aliphatic rings. The van der Waals surface area contributed by atoms with Gasteiger partial charge in [-0.2, -0.15) is 0 Å². The van der Waals surface area contributed by atoms with Crippen LogP contribution in [0.2, 0.25) is 0 Å². The standard InChI is InChI=1S/C17H24N2/c1-3-12-19(14-17-8-9-17)13-16-6-4-15(5-7-16)10-11-18-2/h1,4-7,17-18H,8-14H2,2H3. The van der Waals surface area contributed by atoms with Crippen molar-refractivity contribution in [2.75, 3.05) is 26.7 Å². The van der Waals surface area contributed by atoms with Gasteiger partial charge in [0.15, 0.2) is 0 Å². The van der Waals surface area contributed by atoms with E-state index in [0.717, 1.165) is 38.5 Å². The van der Waals surface area contributed by atoms with Gasteiger partial charge in [0, 0.05) is 13.1 Å². The van der Waals surface area contributed by atoms with Crippen LogP contribution in [-0.4, -0.2) is 31.6 Å². The first-order valence-electron chi connectivity index (χ1n) is 7.20. The Morgan fingerprint density at radius 1 is 1.26 bits per heavy atom. The number of nitrogens with zero attached hydrogens (tertiary/aromatic N) is 1. The number of terminal acetylenes is 1. The fourth-order valence-electron chi connectivity index (χ4n) is 2.32. The molecular weight excluding hydrogens is 232 g/mol. The normalized spacial score (nSPS) is 14.6. The highest BCUT2D eigenvalue weighted by Gasteiger charge is 2.23. The van der Waals surface area contributed by atoms with E-state index in [9.17, 15) is 0 Å². The molecule has 1 N–H and O–H groups in total. The zero-order chi connectivity index (χ0) is 13.5. The van der Waals surface area contributed by atoms with Gasteiger partial charge < -0.3 is 5.32 Å². The summed E-state index contributed by atoms with van der Waals surface area (Å²) in [6.45, 7) is 3.93. The van der Waals surface area contributed by atoms with Crippen molar-refractivity contribution >= 4 is 0 Å². The van der Waals surface area contributed by atoms with Gasteiger partial charge in [0.2, 0.25) is 0 Å². The molecule has 0 atom stereocenters.